The van der Waals surface area contributed by atoms with E-state index in [2.05, 4.69) is 39.7 Å². The molecule has 0 saturated carbocycles. The second kappa shape index (κ2) is 3.29. The van der Waals surface area contributed by atoms with Gasteiger partial charge in [0.2, 0.25) is 5.66 Å². The zero-order valence-corrected chi connectivity index (χ0v) is 8.31. The van der Waals surface area contributed by atoms with Gasteiger partial charge in [0.15, 0.2) is 0 Å². The van der Waals surface area contributed by atoms with Crippen LogP contribution in [0.15, 0.2) is 44.9 Å². The summed E-state index contributed by atoms with van der Waals surface area (Å²) >= 11 is 0. The lowest BCUT2D eigenvalue weighted by molar-refractivity contribution is 0.518. The molecule has 1 aliphatic heterocycles. The summed E-state index contributed by atoms with van der Waals surface area (Å²) in [5.41, 5.74) is 1.73. The third-order valence-electron chi connectivity index (χ3n) is 2.43. The van der Waals surface area contributed by atoms with Gasteiger partial charge >= 0.3 is 0 Å². The summed E-state index contributed by atoms with van der Waals surface area (Å²) in [6.45, 7) is 4.03. The van der Waals surface area contributed by atoms with E-state index in [1.165, 1.54) is 5.56 Å². The van der Waals surface area contributed by atoms with Crippen LogP contribution in [0.25, 0.3) is 0 Å². The minimum atomic E-state index is -0.605. The molecule has 2 rings (SSSR count). The van der Waals surface area contributed by atoms with Crippen molar-refractivity contribution in [3.63, 3.8) is 0 Å². The van der Waals surface area contributed by atoms with Gasteiger partial charge < -0.3 is 0 Å². The molecule has 4 nitrogen and oxygen atoms in total. The molecule has 0 atom stereocenters. The topological polar surface area (TPSA) is 49.4 Å². The maximum absolute atomic E-state index is 3.99. The molecule has 1 aliphatic rings. The first kappa shape index (κ1) is 8.99. The number of rotatable bonds is 2. The lowest BCUT2D eigenvalue weighted by atomic mass is 10.0. The summed E-state index contributed by atoms with van der Waals surface area (Å²) in [5.74, 6) is 0. The van der Waals surface area contributed by atoms with Gasteiger partial charge in [-0.25, -0.2) is 0 Å². The summed E-state index contributed by atoms with van der Waals surface area (Å²) in [6.07, 6.45) is 1.04. The number of hydrogen-bond acceptors (Lipinski definition) is 4. The van der Waals surface area contributed by atoms with E-state index >= 15 is 0 Å². The molecule has 1 aromatic carbocycles. The molecular weight excluding hydrogens is 176 g/mol. The van der Waals surface area contributed by atoms with Crippen LogP contribution in [0.1, 0.15) is 25.0 Å². The van der Waals surface area contributed by atoms with Crippen LogP contribution in [0.3, 0.4) is 0 Å². The van der Waals surface area contributed by atoms with E-state index in [-0.39, 0.29) is 0 Å². The van der Waals surface area contributed by atoms with E-state index in [1.807, 2.05) is 19.1 Å². The Morgan fingerprint density at radius 3 is 2.14 bits per heavy atom. The van der Waals surface area contributed by atoms with Crippen LogP contribution >= 0.6 is 0 Å². The van der Waals surface area contributed by atoms with E-state index in [4.69, 9.17) is 0 Å². The van der Waals surface area contributed by atoms with Crippen LogP contribution in [-0.2, 0) is 12.1 Å². The fourth-order valence-electron chi connectivity index (χ4n) is 1.41. The lowest BCUT2D eigenvalue weighted by Gasteiger charge is -2.13. The van der Waals surface area contributed by atoms with Gasteiger partial charge in [-0.2, -0.15) is 0 Å². The van der Waals surface area contributed by atoms with Crippen molar-refractivity contribution in [1.29, 1.82) is 0 Å². The lowest BCUT2D eigenvalue weighted by Crippen LogP contribution is -2.12. The molecule has 0 N–H and O–H groups in total. The van der Waals surface area contributed by atoms with Gasteiger partial charge in [-0.15, -0.1) is 10.2 Å². The van der Waals surface area contributed by atoms with Gasteiger partial charge in [0.05, 0.1) is 0 Å². The smallest absolute Gasteiger partial charge is 0.130 e. The molecule has 4 heteroatoms. The summed E-state index contributed by atoms with van der Waals surface area (Å²) < 4.78 is 0. The van der Waals surface area contributed by atoms with Crippen LogP contribution < -0.4 is 0 Å². The molecule has 1 aromatic rings. The van der Waals surface area contributed by atoms with Crippen molar-refractivity contribution in [2.45, 2.75) is 25.9 Å². The van der Waals surface area contributed by atoms with Crippen LogP contribution in [0.5, 0.6) is 0 Å². The molecule has 72 valence electrons. The minimum absolute atomic E-state index is 0.605. The van der Waals surface area contributed by atoms with Gasteiger partial charge in [-0.05, 0) is 29.4 Å². The van der Waals surface area contributed by atoms with Gasteiger partial charge in [-0.3, -0.25) is 0 Å². The van der Waals surface area contributed by atoms with Crippen molar-refractivity contribution < 1.29 is 0 Å². The first-order valence-corrected chi connectivity index (χ1v) is 4.68. The fourth-order valence-corrected chi connectivity index (χ4v) is 1.41. The van der Waals surface area contributed by atoms with Gasteiger partial charge in [-0.1, -0.05) is 31.2 Å². The van der Waals surface area contributed by atoms with Crippen molar-refractivity contribution in [2.24, 2.45) is 20.7 Å². The van der Waals surface area contributed by atoms with Gasteiger partial charge in [0, 0.05) is 5.56 Å². The van der Waals surface area contributed by atoms with E-state index in [0.717, 1.165) is 12.0 Å². The van der Waals surface area contributed by atoms with Crippen molar-refractivity contribution in [3.05, 3.63) is 35.4 Å². The molecule has 0 spiro atoms. The summed E-state index contributed by atoms with van der Waals surface area (Å²) in [4.78, 5) is 0. The molecular formula is C10H12N4. The molecule has 1 heterocycles. The average molecular weight is 188 g/mol. The normalized spacial score (nSPS) is 17.6. The highest BCUT2D eigenvalue weighted by Gasteiger charge is 2.28. The minimum Gasteiger partial charge on any atom is -0.130 e. The van der Waals surface area contributed by atoms with Crippen molar-refractivity contribution in [3.8, 4) is 0 Å². The van der Waals surface area contributed by atoms with E-state index in [1.54, 1.807) is 0 Å². The monoisotopic (exact) mass is 188 g/mol. The third-order valence-corrected chi connectivity index (χ3v) is 2.43. The SMILES string of the molecule is CCc1ccc(C2(C)N=NN=N2)cc1. The molecule has 0 aliphatic carbocycles. The zero-order chi connectivity index (χ0) is 10.0. The standard InChI is InChI=1S/C10H12N4/c1-3-8-4-6-9(7-5-8)10(2)11-13-14-12-10/h4-7H,3H2,1-2H3. The Morgan fingerprint density at radius 2 is 1.64 bits per heavy atom. The van der Waals surface area contributed by atoms with Crippen LogP contribution in [0, 0.1) is 0 Å². The molecule has 0 radical (unpaired) electrons. The highest BCUT2D eigenvalue weighted by atomic mass is 15.6. The maximum atomic E-state index is 3.99. The molecule has 0 amide bonds. The Kier molecular flexibility index (Phi) is 2.11. The average Bonchev–Trinajstić information content (AvgIpc) is 2.67. The largest absolute Gasteiger partial charge is 0.217 e. The maximum Gasteiger partial charge on any atom is 0.217 e. The predicted molar refractivity (Wildman–Crippen MR) is 52.9 cm³/mol. The Balaban J connectivity index is 2.33. The molecule has 0 bridgehead atoms. The van der Waals surface area contributed by atoms with E-state index < -0.39 is 5.66 Å². The molecule has 0 saturated heterocycles. The van der Waals surface area contributed by atoms with Gasteiger partial charge in [0.25, 0.3) is 0 Å². The molecule has 14 heavy (non-hydrogen) atoms. The van der Waals surface area contributed by atoms with Crippen LogP contribution in [0.4, 0.5) is 0 Å². The second-order valence-electron chi connectivity index (χ2n) is 3.45. The molecule has 0 aromatic heterocycles. The Labute approximate surface area is 82.7 Å². The number of nitrogens with zero attached hydrogens (tertiary/aromatic N) is 4. The van der Waals surface area contributed by atoms with Gasteiger partial charge in [0.1, 0.15) is 0 Å². The van der Waals surface area contributed by atoms with Crippen molar-refractivity contribution in [2.75, 3.05) is 0 Å². The second-order valence-corrected chi connectivity index (χ2v) is 3.45. The number of aryl methyl sites for hydroxylation is 1. The highest BCUT2D eigenvalue weighted by molar-refractivity contribution is 5.27. The molecule has 0 unspecified atom stereocenters. The first-order chi connectivity index (χ1) is 6.74. The quantitative estimate of drug-likeness (QED) is 0.684. The van der Waals surface area contributed by atoms with Crippen LogP contribution in [-0.4, -0.2) is 0 Å². The summed E-state index contributed by atoms with van der Waals surface area (Å²) in [7, 11) is 0. The number of benzene rings is 1. The van der Waals surface area contributed by atoms with E-state index in [0.29, 0.717) is 0 Å². The predicted octanol–water partition coefficient (Wildman–Crippen LogP) is 3.25. The summed E-state index contributed by atoms with van der Waals surface area (Å²) in [5, 5.41) is 15.0. The van der Waals surface area contributed by atoms with Crippen LogP contribution in [0.2, 0.25) is 0 Å². The highest BCUT2D eigenvalue weighted by Crippen LogP contribution is 2.31. The number of hydrogen-bond donors (Lipinski definition) is 0. The Hall–Kier alpha value is -1.58. The third kappa shape index (κ3) is 1.43. The first-order valence-electron chi connectivity index (χ1n) is 4.68. The van der Waals surface area contributed by atoms with E-state index in [9.17, 15) is 0 Å². The fraction of sp³-hybridized carbons (Fsp3) is 0.400. The zero-order valence-electron chi connectivity index (χ0n) is 8.31. The summed E-state index contributed by atoms with van der Waals surface area (Å²) in [6, 6.07) is 8.23. The Bertz CT molecular complexity index is 366. The van der Waals surface area contributed by atoms with Crippen molar-refractivity contribution in [1.82, 2.24) is 0 Å². The molecule has 0 fully saturated rings. The van der Waals surface area contributed by atoms with Crippen molar-refractivity contribution >= 4 is 0 Å². The Morgan fingerprint density at radius 1 is 1.07 bits per heavy atom.